The molecule has 0 saturated carbocycles. The van der Waals surface area contributed by atoms with Crippen LogP contribution in [0.3, 0.4) is 0 Å². The van der Waals surface area contributed by atoms with Crippen molar-refractivity contribution in [3.63, 3.8) is 0 Å². The smallest absolute Gasteiger partial charge is 0.251 e. The number of hydrogen-bond acceptors (Lipinski definition) is 4. The number of aromatic nitrogens is 1. The van der Waals surface area contributed by atoms with E-state index < -0.39 is 0 Å². The van der Waals surface area contributed by atoms with Crippen LogP contribution in [0, 0.1) is 0 Å². The maximum Gasteiger partial charge on any atom is 0.251 e. The molecule has 0 unspecified atom stereocenters. The molecule has 2 amide bonds. The minimum absolute atomic E-state index is 0.121. The first-order chi connectivity index (χ1) is 13.1. The van der Waals surface area contributed by atoms with Crippen LogP contribution in [0.15, 0.2) is 60.0 Å². The van der Waals surface area contributed by atoms with E-state index in [1.54, 1.807) is 24.3 Å². The van der Waals surface area contributed by atoms with Crippen LogP contribution < -0.4 is 10.6 Å². The van der Waals surface area contributed by atoms with Crippen LogP contribution in [-0.2, 0) is 4.79 Å². The van der Waals surface area contributed by atoms with Crippen molar-refractivity contribution in [3.8, 4) is 11.3 Å². The molecule has 1 heterocycles. The van der Waals surface area contributed by atoms with Gasteiger partial charge in [0, 0.05) is 34.5 Å². The summed E-state index contributed by atoms with van der Waals surface area (Å²) in [6.07, 6.45) is 0.850. The van der Waals surface area contributed by atoms with Crippen molar-refractivity contribution in [2.24, 2.45) is 0 Å². The molecule has 0 aliphatic rings. The molecule has 138 valence electrons. The van der Waals surface area contributed by atoms with E-state index in [0.717, 1.165) is 11.3 Å². The Balaban J connectivity index is 1.40. The molecule has 2 aromatic carbocycles. The molecule has 0 aliphatic carbocycles. The van der Waals surface area contributed by atoms with Crippen molar-refractivity contribution in [2.75, 3.05) is 11.9 Å². The Bertz CT molecular complexity index is 910. The van der Waals surface area contributed by atoms with Crippen molar-refractivity contribution < 1.29 is 9.59 Å². The Morgan fingerprint density at radius 1 is 1.04 bits per heavy atom. The van der Waals surface area contributed by atoms with Gasteiger partial charge in [-0.3, -0.25) is 9.59 Å². The van der Waals surface area contributed by atoms with E-state index in [0.29, 0.717) is 35.1 Å². The monoisotopic (exact) mass is 399 g/mol. The number of carbonyl (C=O) groups is 2. The van der Waals surface area contributed by atoms with Crippen molar-refractivity contribution in [1.82, 2.24) is 10.3 Å². The van der Waals surface area contributed by atoms with Crippen LogP contribution in [0.4, 0.5) is 5.13 Å². The quantitative estimate of drug-likeness (QED) is 0.570. The van der Waals surface area contributed by atoms with Crippen LogP contribution >= 0.6 is 22.9 Å². The van der Waals surface area contributed by atoms with Gasteiger partial charge in [0.05, 0.1) is 5.69 Å². The van der Waals surface area contributed by atoms with E-state index >= 15 is 0 Å². The standard InChI is InChI=1S/C20H18ClN3O2S/c21-16-10-8-15(9-11-16)19(26)22-12-4-7-18(25)24-20-23-17(13-27-20)14-5-2-1-3-6-14/h1-3,5-6,8-11,13H,4,7,12H2,(H,22,26)(H,23,24,25). The van der Waals surface area contributed by atoms with Gasteiger partial charge in [-0.05, 0) is 30.7 Å². The Kier molecular flexibility index (Phi) is 6.57. The van der Waals surface area contributed by atoms with E-state index in [4.69, 9.17) is 11.6 Å². The summed E-state index contributed by atoms with van der Waals surface area (Å²) in [5.41, 5.74) is 2.39. The van der Waals surface area contributed by atoms with Gasteiger partial charge in [0.2, 0.25) is 5.91 Å². The molecule has 0 aliphatic heterocycles. The van der Waals surface area contributed by atoms with Crippen LogP contribution in [0.5, 0.6) is 0 Å². The minimum Gasteiger partial charge on any atom is -0.352 e. The number of rotatable bonds is 7. The zero-order valence-electron chi connectivity index (χ0n) is 14.4. The summed E-state index contributed by atoms with van der Waals surface area (Å²) in [5, 5.41) is 8.66. The Morgan fingerprint density at radius 2 is 1.78 bits per heavy atom. The van der Waals surface area contributed by atoms with Gasteiger partial charge in [-0.2, -0.15) is 0 Å². The highest BCUT2D eigenvalue weighted by atomic mass is 35.5. The fraction of sp³-hybridized carbons (Fsp3) is 0.150. The van der Waals surface area contributed by atoms with E-state index in [9.17, 15) is 9.59 Å². The normalized spacial score (nSPS) is 10.4. The summed E-state index contributed by atoms with van der Waals surface area (Å²) in [7, 11) is 0. The highest BCUT2D eigenvalue weighted by Gasteiger charge is 2.09. The molecule has 0 radical (unpaired) electrons. The second kappa shape index (κ2) is 9.30. The molecule has 27 heavy (non-hydrogen) atoms. The number of hydrogen-bond donors (Lipinski definition) is 2. The summed E-state index contributed by atoms with van der Waals surface area (Å²) in [6.45, 7) is 0.419. The molecule has 7 heteroatoms. The number of thiazole rings is 1. The Hall–Kier alpha value is -2.70. The lowest BCUT2D eigenvalue weighted by Crippen LogP contribution is -2.25. The van der Waals surface area contributed by atoms with Crippen molar-refractivity contribution in [3.05, 3.63) is 70.6 Å². The van der Waals surface area contributed by atoms with Gasteiger partial charge in [-0.15, -0.1) is 11.3 Å². The lowest BCUT2D eigenvalue weighted by atomic mass is 10.2. The number of halogens is 1. The summed E-state index contributed by atoms with van der Waals surface area (Å²) in [4.78, 5) is 28.4. The first-order valence-electron chi connectivity index (χ1n) is 8.46. The lowest BCUT2D eigenvalue weighted by molar-refractivity contribution is -0.116. The second-order valence-corrected chi connectivity index (χ2v) is 7.11. The number of benzene rings is 2. The first-order valence-corrected chi connectivity index (χ1v) is 9.72. The third kappa shape index (κ3) is 5.64. The molecule has 0 spiro atoms. The number of amides is 2. The number of nitrogens with one attached hydrogen (secondary N) is 2. The van der Waals surface area contributed by atoms with Gasteiger partial charge in [-0.1, -0.05) is 41.9 Å². The maximum atomic E-state index is 12.0. The Morgan fingerprint density at radius 3 is 2.52 bits per heavy atom. The lowest BCUT2D eigenvalue weighted by Gasteiger charge is -2.05. The zero-order valence-corrected chi connectivity index (χ0v) is 16.0. The van der Waals surface area contributed by atoms with Gasteiger partial charge in [0.15, 0.2) is 5.13 Å². The molecule has 0 fully saturated rings. The minimum atomic E-state index is -0.181. The maximum absolute atomic E-state index is 12.0. The van der Waals surface area contributed by atoms with Gasteiger partial charge in [0.1, 0.15) is 0 Å². The van der Waals surface area contributed by atoms with Gasteiger partial charge in [0.25, 0.3) is 5.91 Å². The van der Waals surface area contributed by atoms with Gasteiger partial charge >= 0.3 is 0 Å². The number of nitrogens with zero attached hydrogens (tertiary/aromatic N) is 1. The SMILES string of the molecule is O=C(CCCNC(=O)c1ccc(Cl)cc1)Nc1nc(-c2ccccc2)cs1. The molecule has 3 rings (SSSR count). The topological polar surface area (TPSA) is 71.1 Å². The number of anilines is 1. The highest BCUT2D eigenvalue weighted by Crippen LogP contribution is 2.24. The summed E-state index contributed by atoms with van der Waals surface area (Å²) >= 11 is 7.19. The fourth-order valence-corrected chi connectivity index (χ4v) is 3.27. The van der Waals surface area contributed by atoms with Crippen LogP contribution in [0.1, 0.15) is 23.2 Å². The molecule has 5 nitrogen and oxygen atoms in total. The Labute approximate surface area is 166 Å². The molecule has 3 aromatic rings. The second-order valence-electron chi connectivity index (χ2n) is 5.82. The highest BCUT2D eigenvalue weighted by molar-refractivity contribution is 7.14. The van der Waals surface area contributed by atoms with Gasteiger partial charge in [-0.25, -0.2) is 4.98 Å². The van der Waals surface area contributed by atoms with Gasteiger partial charge < -0.3 is 10.6 Å². The van der Waals surface area contributed by atoms with E-state index in [-0.39, 0.29) is 11.8 Å². The summed E-state index contributed by atoms with van der Waals surface area (Å²) < 4.78 is 0. The van der Waals surface area contributed by atoms with E-state index in [1.807, 2.05) is 35.7 Å². The van der Waals surface area contributed by atoms with Crippen LogP contribution in [-0.4, -0.2) is 23.3 Å². The molecule has 0 bridgehead atoms. The predicted octanol–water partition coefficient (Wildman–Crippen LogP) is 4.61. The number of carbonyl (C=O) groups excluding carboxylic acids is 2. The molecular weight excluding hydrogens is 382 g/mol. The van der Waals surface area contributed by atoms with Crippen molar-refractivity contribution in [1.29, 1.82) is 0 Å². The average molecular weight is 400 g/mol. The molecule has 0 atom stereocenters. The molecule has 2 N–H and O–H groups in total. The summed E-state index contributed by atoms with van der Waals surface area (Å²) in [5.74, 6) is -0.302. The third-order valence-corrected chi connectivity index (χ3v) is 4.80. The average Bonchev–Trinajstić information content (AvgIpc) is 3.15. The molecular formula is C20H18ClN3O2S. The van der Waals surface area contributed by atoms with E-state index in [1.165, 1.54) is 11.3 Å². The largest absolute Gasteiger partial charge is 0.352 e. The fourth-order valence-electron chi connectivity index (χ4n) is 2.41. The van der Waals surface area contributed by atoms with Crippen molar-refractivity contribution >= 4 is 39.9 Å². The summed E-state index contributed by atoms with van der Waals surface area (Å²) in [6, 6.07) is 16.5. The predicted molar refractivity (Wildman–Crippen MR) is 109 cm³/mol. The van der Waals surface area contributed by atoms with E-state index in [2.05, 4.69) is 15.6 Å². The van der Waals surface area contributed by atoms with Crippen LogP contribution in [0.25, 0.3) is 11.3 Å². The van der Waals surface area contributed by atoms with Crippen molar-refractivity contribution in [2.45, 2.75) is 12.8 Å². The molecule has 0 saturated heterocycles. The zero-order chi connectivity index (χ0) is 19.1. The van der Waals surface area contributed by atoms with Crippen LogP contribution in [0.2, 0.25) is 5.02 Å². The first kappa shape index (κ1) is 19.1. The third-order valence-electron chi connectivity index (χ3n) is 3.79. The molecule has 1 aromatic heterocycles.